The highest BCUT2D eigenvalue weighted by Crippen LogP contribution is 2.43. The van der Waals surface area contributed by atoms with Gasteiger partial charge in [0.2, 0.25) is 0 Å². The van der Waals surface area contributed by atoms with Gasteiger partial charge in [0.25, 0.3) is 0 Å². The van der Waals surface area contributed by atoms with Crippen molar-refractivity contribution in [2.45, 2.75) is 180 Å². The van der Waals surface area contributed by atoms with Crippen LogP contribution in [0.1, 0.15) is 168 Å². The molecule has 0 fully saturated rings. The Morgan fingerprint density at radius 2 is 1.02 bits per heavy atom. The minimum Gasteiger partial charge on any atom is -0.480 e. The van der Waals surface area contributed by atoms with Crippen LogP contribution in [0.15, 0.2) is 36.5 Å². The topological polar surface area (TPSA) is 172 Å². The van der Waals surface area contributed by atoms with Crippen LogP contribution in [0.2, 0.25) is 0 Å². The highest BCUT2D eigenvalue weighted by molar-refractivity contribution is 7.47. The molecule has 0 rings (SSSR count). The molecule has 0 saturated heterocycles. The Kier molecular flexibility index (Phi) is 34.1. The average Bonchev–Trinajstić information content (AvgIpc) is 3.12. The van der Waals surface area contributed by atoms with Gasteiger partial charge in [-0.15, -0.1) is 0 Å². The third kappa shape index (κ3) is 34.8. The maximum absolute atomic E-state index is 12.6. The van der Waals surface area contributed by atoms with Gasteiger partial charge in [0.15, 0.2) is 6.10 Å². The summed E-state index contributed by atoms with van der Waals surface area (Å²) in [6.07, 6.45) is 36.4. The average molecular weight is 758 g/mol. The Labute approximate surface area is 314 Å². The van der Waals surface area contributed by atoms with Crippen molar-refractivity contribution in [1.82, 2.24) is 0 Å². The number of carbonyl (C=O) groups is 3. The molecule has 0 radical (unpaired) electrons. The molecule has 3 atom stereocenters. The molecule has 0 aromatic heterocycles. The summed E-state index contributed by atoms with van der Waals surface area (Å²) in [5.41, 5.74) is 5.32. The van der Waals surface area contributed by atoms with Crippen molar-refractivity contribution in [1.29, 1.82) is 0 Å². The molecule has 0 bridgehead atoms. The summed E-state index contributed by atoms with van der Waals surface area (Å²) in [4.78, 5) is 45.8. The van der Waals surface area contributed by atoms with Crippen LogP contribution in [0.4, 0.5) is 0 Å². The second-order valence-corrected chi connectivity index (χ2v) is 14.9. The van der Waals surface area contributed by atoms with Gasteiger partial charge in [0, 0.05) is 12.8 Å². The maximum atomic E-state index is 12.6. The molecule has 0 aliphatic carbocycles. The zero-order valence-electron chi connectivity index (χ0n) is 32.4. The standard InChI is InChI=1S/C40H72NO10P/c1-3-5-7-9-11-13-15-16-17-18-19-20-22-24-26-28-30-32-39(43)51-36(34-49-52(46,47)50-35-37(41)40(44)45)33-48-38(42)31-29-27-25-23-21-14-12-10-8-6-4-2/h11,13,16-17,19-20,36-37H,3-10,12,14-15,18,21-35,41H2,1-2H3,(H,44,45)(H,46,47)/b13-11+,17-16+,20-19+/t36-,37-/m0/s1. The molecule has 0 saturated carbocycles. The molecule has 302 valence electrons. The van der Waals surface area contributed by atoms with E-state index in [2.05, 4.69) is 54.8 Å². The predicted octanol–water partition coefficient (Wildman–Crippen LogP) is 10.1. The van der Waals surface area contributed by atoms with E-state index in [1.165, 1.54) is 64.2 Å². The van der Waals surface area contributed by atoms with Crippen molar-refractivity contribution in [3.63, 3.8) is 0 Å². The number of allylic oxidation sites excluding steroid dienone is 6. The summed E-state index contributed by atoms with van der Waals surface area (Å²) in [5.74, 6) is -2.41. The lowest BCUT2D eigenvalue weighted by molar-refractivity contribution is -0.161. The van der Waals surface area contributed by atoms with E-state index in [1.807, 2.05) is 0 Å². The van der Waals surface area contributed by atoms with E-state index in [0.29, 0.717) is 12.8 Å². The highest BCUT2D eigenvalue weighted by Gasteiger charge is 2.28. The minimum atomic E-state index is -4.71. The van der Waals surface area contributed by atoms with Crippen LogP contribution in [0.25, 0.3) is 0 Å². The van der Waals surface area contributed by atoms with Gasteiger partial charge in [0.05, 0.1) is 13.2 Å². The Morgan fingerprint density at radius 3 is 1.56 bits per heavy atom. The fourth-order valence-corrected chi connectivity index (χ4v) is 5.97. The number of rotatable bonds is 37. The normalized spacial score (nSPS) is 14.2. The molecule has 12 heteroatoms. The van der Waals surface area contributed by atoms with Gasteiger partial charge in [-0.3, -0.25) is 23.4 Å². The van der Waals surface area contributed by atoms with Gasteiger partial charge in [-0.2, -0.15) is 0 Å². The van der Waals surface area contributed by atoms with E-state index in [-0.39, 0.29) is 19.4 Å². The quantitative estimate of drug-likeness (QED) is 0.0238. The Hall–Kier alpha value is -2.30. The van der Waals surface area contributed by atoms with Crippen molar-refractivity contribution in [3.8, 4) is 0 Å². The van der Waals surface area contributed by atoms with Crippen molar-refractivity contribution >= 4 is 25.7 Å². The van der Waals surface area contributed by atoms with Crippen LogP contribution in [0.5, 0.6) is 0 Å². The molecular weight excluding hydrogens is 685 g/mol. The van der Waals surface area contributed by atoms with Crippen LogP contribution in [-0.2, 0) is 37.5 Å². The first-order valence-corrected chi connectivity index (χ1v) is 21.5. The maximum Gasteiger partial charge on any atom is 0.472 e. The first-order chi connectivity index (χ1) is 25.1. The number of esters is 2. The molecule has 0 aliphatic heterocycles. The number of unbranched alkanes of at least 4 members (excludes halogenated alkanes) is 17. The second-order valence-electron chi connectivity index (χ2n) is 13.4. The molecule has 0 aliphatic rings. The number of phosphoric acid groups is 1. The van der Waals surface area contributed by atoms with E-state index < -0.39 is 51.1 Å². The molecule has 0 heterocycles. The molecule has 0 aromatic rings. The molecule has 0 aromatic carbocycles. The number of carbonyl (C=O) groups excluding carboxylic acids is 2. The van der Waals surface area contributed by atoms with Gasteiger partial charge < -0.3 is 25.2 Å². The van der Waals surface area contributed by atoms with E-state index in [1.54, 1.807) is 0 Å². The van der Waals surface area contributed by atoms with Crippen molar-refractivity contribution in [2.24, 2.45) is 5.73 Å². The molecule has 1 unspecified atom stereocenters. The van der Waals surface area contributed by atoms with Crippen molar-refractivity contribution in [3.05, 3.63) is 36.5 Å². The first-order valence-electron chi connectivity index (χ1n) is 20.0. The molecule has 4 N–H and O–H groups in total. The number of ether oxygens (including phenoxy) is 2. The smallest absolute Gasteiger partial charge is 0.472 e. The minimum absolute atomic E-state index is 0.137. The van der Waals surface area contributed by atoms with Gasteiger partial charge in [-0.1, -0.05) is 140 Å². The number of carboxylic acid groups (broad SMARTS) is 1. The second kappa shape index (κ2) is 35.7. The van der Waals surface area contributed by atoms with Crippen LogP contribution < -0.4 is 5.73 Å². The summed E-state index contributed by atoms with van der Waals surface area (Å²) < 4.78 is 32.6. The van der Waals surface area contributed by atoms with Crippen LogP contribution in [0.3, 0.4) is 0 Å². The number of phosphoric ester groups is 1. The monoisotopic (exact) mass is 757 g/mol. The molecule has 52 heavy (non-hydrogen) atoms. The van der Waals surface area contributed by atoms with Crippen molar-refractivity contribution in [2.75, 3.05) is 19.8 Å². The fourth-order valence-electron chi connectivity index (χ4n) is 5.19. The lowest BCUT2D eigenvalue weighted by Gasteiger charge is -2.20. The van der Waals surface area contributed by atoms with E-state index in [9.17, 15) is 23.8 Å². The number of hydrogen-bond acceptors (Lipinski definition) is 9. The summed E-state index contributed by atoms with van der Waals surface area (Å²) in [6.45, 7) is 2.73. The van der Waals surface area contributed by atoms with Crippen LogP contribution >= 0.6 is 7.82 Å². The largest absolute Gasteiger partial charge is 0.480 e. The highest BCUT2D eigenvalue weighted by atomic mass is 31.2. The number of carboxylic acids is 1. The molecule has 11 nitrogen and oxygen atoms in total. The number of hydrogen-bond donors (Lipinski definition) is 3. The first kappa shape index (κ1) is 49.7. The van der Waals surface area contributed by atoms with Crippen LogP contribution in [-0.4, -0.2) is 59.9 Å². The molecule has 0 amide bonds. The predicted molar refractivity (Wildman–Crippen MR) is 208 cm³/mol. The summed E-state index contributed by atoms with van der Waals surface area (Å²) in [5, 5.41) is 8.86. The summed E-state index contributed by atoms with van der Waals surface area (Å²) >= 11 is 0. The fraction of sp³-hybridized carbons (Fsp3) is 0.775. The molecular formula is C40H72NO10P. The zero-order valence-corrected chi connectivity index (χ0v) is 33.3. The Balaban J connectivity index is 4.45. The summed E-state index contributed by atoms with van der Waals surface area (Å²) in [7, 11) is -4.71. The van der Waals surface area contributed by atoms with Crippen molar-refractivity contribution < 1.29 is 47.5 Å². The van der Waals surface area contributed by atoms with Crippen LogP contribution in [0, 0.1) is 0 Å². The number of aliphatic carboxylic acids is 1. The number of nitrogens with two attached hydrogens (primary N) is 1. The molecule has 0 spiro atoms. The third-order valence-electron chi connectivity index (χ3n) is 8.39. The zero-order chi connectivity index (χ0) is 38.5. The summed E-state index contributed by atoms with van der Waals surface area (Å²) in [6, 6.07) is -1.52. The lowest BCUT2D eigenvalue weighted by Crippen LogP contribution is -2.34. The van der Waals surface area contributed by atoms with Gasteiger partial charge in [-0.25, -0.2) is 4.57 Å². The van der Waals surface area contributed by atoms with E-state index in [4.69, 9.17) is 24.8 Å². The van der Waals surface area contributed by atoms with Gasteiger partial charge in [-0.05, 0) is 51.4 Å². The van der Waals surface area contributed by atoms with Gasteiger partial charge >= 0.3 is 25.7 Å². The van der Waals surface area contributed by atoms with Gasteiger partial charge in [0.1, 0.15) is 12.6 Å². The van der Waals surface area contributed by atoms with E-state index >= 15 is 0 Å². The Morgan fingerprint density at radius 1 is 0.596 bits per heavy atom. The van der Waals surface area contributed by atoms with E-state index in [0.717, 1.165) is 64.2 Å². The SMILES string of the molecule is CCCCC/C=C/C/C=C/C/C=C/CCCCCCC(=O)O[C@@H](COC(=O)CCCCCCCCCCCCC)COP(=O)(O)OC[C@H](N)C(=O)O. The Bertz CT molecular complexity index is 1030. The third-order valence-corrected chi connectivity index (χ3v) is 9.34. The lowest BCUT2D eigenvalue weighted by atomic mass is 10.1.